The van der Waals surface area contributed by atoms with E-state index in [0.29, 0.717) is 6.61 Å². The summed E-state index contributed by atoms with van der Waals surface area (Å²) >= 11 is 0. The Balaban J connectivity index is 1.73. The van der Waals surface area contributed by atoms with Crippen LogP contribution < -0.4 is 10.1 Å². The Morgan fingerprint density at radius 2 is 1.48 bits per heavy atom. The van der Waals surface area contributed by atoms with E-state index in [0.717, 1.165) is 17.0 Å². The van der Waals surface area contributed by atoms with Gasteiger partial charge in [0.1, 0.15) is 19.1 Å². The summed E-state index contributed by atoms with van der Waals surface area (Å²) in [6, 6.07) is 26.1. The molecular weight excluding hydrogens is 286 g/mol. The van der Waals surface area contributed by atoms with E-state index in [1.54, 1.807) is 0 Å². The second-order valence-corrected chi connectivity index (χ2v) is 5.17. The molecular formula is C20H19NO2. The molecule has 3 rings (SSSR count). The molecule has 0 aromatic heterocycles. The van der Waals surface area contributed by atoms with Gasteiger partial charge >= 0.3 is 0 Å². The molecule has 0 fully saturated rings. The highest BCUT2D eigenvalue weighted by Crippen LogP contribution is 2.25. The van der Waals surface area contributed by atoms with Crippen LogP contribution in [0.4, 0.5) is 5.69 Å². The van der Waals surface area contributed by atoms with E-state index in [1.165, 1.54) is 11.1 Å². The van der Waals surface area contributed by atoms with Gasteiger partial charge in [0.25, 0.3) is 0 Å². The van der Waals surface area contributed by atoms with Gasteiger partial charge in [-0.05, 0) is 41.0 Å². The fourth-order valence-electron chi connectivity index (χ4n) is 2.47. The topological polar surface area (TPSA) is 41.5 Å². The maximum atomic E-state index is 8.84. The van der Waals surface area contributed by atoms with Crippen LogP contribution in [-0.4, -0.2) is 11.8 Å². The molecule has 0 aliphatic heterocycles. The minimum Gasteiger partial charge on any atom is -0.489 e. The quantitative estimate of drug-likeness (QED) is 0.667. The number of benzene rings is 3. The van der Waals surface area contributed by atoms with Crippen LogP contribution in [0.25, 0.3) is 11.1 Å². The molecule has 0 spiro atoms. The van der Waals surface area contributed by atoms with Gasteiger partial charge in [-0.15, -0.1) is 0 Å². The van der Waals surface area contributed by atoms with Crippen molar-refractivity contribution in [3.05, 3.63) is 84.4 Å². The molecule has 0 bridgehead atoms. The maximum absolute atomic E-state index is 8.84. The smallest absolute Gasteiger partial charge is 0.119 e. The molecule has 2 N–H and O–H groups in total. The lowest BCUT2D eigenvalue weighted by molar-refractivity contribution is 0.306. The zero-order valence-electron chi connectivity index (χ0n) is 12.8. The van der Waals surface area contributed by atoms with E-state index in [4.69, 9.17) is 9.84 Å². The van der Waals surface area contributed by atoms with Crippen molar-refractivity contribution < 1.29 is 9.84 Å². The maximum Gasteiger partial charge on any atom is 0.119 e. The SMILES string of the molecule is OCNc1ccc(OCc2ccccc2-c2ccccc2)cc1. The summed E-state index contributed by atoms with van der Waals surface area (Å²) in [6.45, 7) is 0.433. The van der Waals surface area contributed by atoms with Gasteiger partial charge in [0, 0.05) is 5.69 Å². The number of ether oxygens (including phenoxy) is 1. The van der Waals surface area contributed by atoms with Gasteiger partial charge in [-0.2, -0.15) is 0 Å². The van der Waals surface area contributed by atoms with Gasteiger partial charge in [-0.25, -0.2) is 0 Å². The van der Waals surface area contributed by atoms with Crippen molar-refractivity contribution in [2.75, 3.05) is 12.0 Å². The number of anilines is 1. The summed E-state index contributed by atoms with van der Waals surface area (Å²) in [4.78, 5) is 0. The first-order valence-electron chi connectivity index (χ1n) is 7.58. The van der Waals surface area contributed by atoms with Gasteiger partial charge in [0.05, 0.1) is 0 Å². The minimum atomic E-state index is -0.0787. The molecule has 0 saturated carbocycles. The molecule has 3 aromatic carbocycles. The molecule has 3 nitrogen and oxygen atoms in total. The van der Waals surface area contributed by atoms with Crippen LogP contribution in [0.2, 0.25) is 0 Å². The summed E-state index contributed by atoms with van der Waals surface area (Å²) in [6.07, 6.45) is 0. The Kier molecular flexibility index (Phi) is 4.92. The molecule has 0 saturated heterocycles. The third-order valence-corrected chi connectivity index (χ3v) is 3.63. The Bertz CT molecular complexity index is 739. The van der Waals surface area contributed by atoms with E-state index in [1.807, 2.05) is 54.6 Å². The van der Waals surface area contributed by atoms with E-state index in [9.17, 15) is 0 Å². The van der Waals surface area contributed by atoms with Crippen molar-refractivity contribution in [1.82, 2.24) is 0 Å². The van der Waals surface area contributed by atoms with Crippen molar-refractivity contribution in [1.29, 1.82) is 0 Å². The van der Waals surface area contributed by atoms with Crippen molar-refractivity contribution in [2.24, 2.45) is 0 Å². The third kappa shape index (κ3) is 3.90. The Hall–Kier alpha value is -2.78. The Morgan fingerprint density at radius 1 is 0.783 bits per heavy atom. The van der Waals surface area contributed by atoms with Crippen molar-refractivity contribution >= 4 is 5.69 Å². The van der Waals surface area contributed by atoms with E-state index < -0.39 is 0 Å². The van der Waals surface area contributed by atoms with E-state index >= 15 is 0 Å². The van der Waals surface area contributed by atoms with Crippen LogP contribution in [-0.2, 0) is 6.61 Å². The molecule has 0 aliphatic carbocycles. The molecule has 0 heterocycles. The van der Waals surface area contributed by atoms with Crippen molar-refractivity contribution in [2.45, 2.75) is 6.61 Å². The summed E-state index contributed by atoms with van der Waals surface area (Å²) in [5.41, 5.74) is 4.39. The van der Waals surface area contributed by atoms with Gasteiger partial charge in [0.2, 0.25) is 0 Å². The van der Waals surface area contributed by atoms with Gasteiger partial charge in [0.15, 0.2) is 0 Å². The first-order valence-corrected chi connectivity index (χ1v) is 7.58. The fourth-order valence-corrected chi connectivity index (χ4v) is 2.47. The summed E-state index contributed by atoms with van der Waals surface area (Å²) in [5.74, 6) is 0.802. The monoisotopic (exact) mass is 305 g/mol. The van der Waals surface area contributed by atoms with Crippen LogP contribution in [0.5, 0.6) is 5.75 Å². The van der Waals surface area contributed by atoms with E-state index in [2.05, 4.69) is 29.6 Å². The average Bonchev–Trinajstić information content (AvgIpc) is 2.62. The summed E-state index contributed by atoms with van der Waals surface area (Å²) in [7, 11) is 0. The van der Waals surface area contributed by atoms with Crippen LogP contribution >= 0.6 is 0 Å². The van der Waals surface area contributed by atoms with Crippen LogP contribution in [0.15, 0.2) is 78.9 Å². The number of nitrogens with one attached hydrogen (secondary N) is 1. The van der Waals surface area contributed by atoms with Crippen LogP contribution in [0.1, 0.15) is 5.56 Å². The van der Waals surface area contributed by atoms with Gasteiger partial charge < -0.3 is 15.2 Å². The summed E-state index contributed by atoms with van der Waals surface area (Å²) < 4.78 is 5.90. The number of aliphatic hydroxyl groups excluding tert-OH is 1. The molecule has 0 atom stereocenters. The third-order valence-electron chi connectivity index (χ3n) is 3.63. The standard InChI is InChI=1S/C20H19NO2/c22-15-21-18-10-12-19(13-11-18)23-14-17-8-4-5-9-20(17)16-6-2-1-3-7-16/h1-13,21-22H,14-15H2. The molecule has 0 radical (unpaired) electrons. The zero-order chi connectivity index (χ0) is 15.9. The number of hydrogen-bond acceptors (Lipinski definition) is 3. The van der Waals surface area contributed by atoms with Crippen LogP contribution in [0.3, 0.4) is 0 Å². The number of rotatable bonds is 6. The molecule has 116 valence electrons. The second-order valence-electron chi connectivity index (χ2n) is 5.17. The largest absolute Gasteiger partial charge is 0.489 e. The number of aliphatic hydroxyl groups is 1. The minimum absolute atomic E-state index is 0.0787. The predicted molar refractivity (Wildman–Crippen MR) is 93.4 cm³/mol. The molecule has 23 heavy (non-hydrogen) atoms. The highest BCUT2D eigenvalue weighted by molar-refractivity contribution is 5.67. The molecule has 0 aliphatic rings. The highest BCUT2D eigenvalue weighted by atomic mass is 16.5. The first kappa shape index (κ1) is 15.1. The Labute approximate surface area is 136 Å². The molecule has 0 amide bonds. The van der Waals surface area contributed by atoms with Gasteiger partial charge in [-0.1, -0.05) is 54.6 Å². The molecule has 3 aromatic rings. The predicted octanol–water partition coefficient (Wildman–Crippen LogP) is 4.29. The highest BCUT2D eigenvalue weighted by Gasteiger charge is 2.05. The van der Waals surface area contributed by atoms with Crippen LogP contribution in [0, 0.1) is 0 Å². The van der Waals surface area contributed by atoms with Crippen molar-refractivity contribution in [3.63, 3.8) is 0 Å². The second kappa shape index (κ2) is 7.47. The normalized spacial score (nSPS) is 10.3. The van der Waals surface area contributed by atoms with Crippen molar-refractivity contribution in [3.8, 4) is 16.9 Å². The molecule has 0 unspecified atom stereocenters. The lowest BCUT2D eigenvalue weighted by Gasteiger charge is -2.12. The van der Waals surface area contributed by atoms with E-state index in [-0.39, 0.29) is 6.73 Å². The first-order chi connectivity index (χ1) is 11.4. The zero-order valence-corrected chi connectivity index (χ0v) is 12.8. The summed E-state index contributed by atoms with van der Waals surface area (Å²) in [5, 5.41) is 11.7. The lowest BCUT2D eigenvalue weighted by atomic mass is 10.0. The average molecular weight is 305 g/mol. The van der Waals surface area contributed by atoms with Gasteiger partial charge in [-0.3, -0.25) is 0 Å². The number of hydrogen-bond donors (Lipinski definition) is 2. The Morgan fingerprint density at radius 3 is 2.22 bits per heavy atom. The fraction of sp³-hybridized carbons (Fsp3) is 0.100. The molecule has 3 heteroatoms. The lowest BCUT2D eigenvalue weighted by Crippen LogP contribution is -2.00.